The van der Waals surface area contributed by atoms with Crippen LogP contribution in [0.25, 0.3) is 0 Å². The Morgan fingerprint density at radius 3 is 2.40 bits per heavy atom. The van der Waals surface area contributed by atoms with Crippen molar-refractivity contribution in [2.45, 2.75) is 20.1 Å². The Morgan fingerprint density at radius 2 is 1.87 bits per heavy atom. The summed E-state index contributed by atoms with van der Waals surface area (Å²) >= 11 is 0. The van der Waals surface area contributed by atoms with E-state index < -0.39 is 6.67 Å². The summed E-state index contributed by atoms with van der Waals surface area (Å²) in [7, 11) is 0. The Balaban J connectivity index is 2.11. The molecular formula is C11H12FN3. The summed E-state index contributed by atoms with van der Waals surface area (Å²) in [5.41, 5.74) is 2.70. The highest BCUT2D eigenvalue weighted by molar-refractivity contribution is 5.22. The maximum Gasteiger partial charge on any atom is 0.115 e. The molecule has 0 aliphatic heterocycles. The van der Waals surface area contributed by atoms with Crippen molar-refractivity contribution in [2.24, 2.45) is 0 Å². The van der Waals surface area contributed by atoms with Gasteiger partial charge in [0.05, 0.1) is 12.2 Å². The number of benzene rings is 1. The minimum atomic E-state index is -0.414. The van der Waals surface area contributed by atoms with Crippen molar-refractivity contribution in [1.29, 1.82) is 0 Å². The van der Waals surface area contributed by atoms with Crippen molar-refractivity contribution in [2.75, 3.05) is 0 Å². The van der Waals surface area contributed by atoms with E-state index in [4.69, 9.17) is 0 Å². The van der Waals surface area contributed by atoms with E-state index in [1.807, 2.05) is 25.3 Å². The van der Waals surface area contributed by atoms with Gasteiger partial charge in [-0.05, 0) is 18.1 Å². The molecule has 0 bridgehead atoms. The Kier molecular flexibility index (Phi) is 2.76. The Bertz CT molecular complexity index is 433. The third-order valence-electron chi connectivity index (χ3n) is 2.18. The van der Waals surface area contributed by atoms with E-state index in [0.29, 0.717) is 12.1 Å². The quantitative estimate of drug-likeness (QED) is 0.768. The highest BCUT2D eigenvalue weighted by Crippen LogP contribution is 2.07. The largest absolute Gasteiger partial charge is 0.248 e. The molecule has 0 atom stereocenters. The predicted octanol–water partition coefficient (Wildman–Crippen LogP) is 2.10. The molecule has 0 amide bonds. The van der Waals surface area contributed by atoms with Gasteiger partial charge in [0.25, 0.3) is 0 Å². The second kappa shape index (κ2) is 4.21. The molecule has 0 saturated carbocycles. The smallest absolute Gasteiger partial charge is 0.115 e. The Labute approximate surface area is 87.5 Å². The number of nitrogens with zero attached hydrogens (tertiary/aromatic N) is 3. The van der Waals surface area contributed by atoms with E-state index in [9.17, 15) is 4.39 Å². The Morgan fingerprint density at radius 1 is 1.20 bits per heavy atom. The number of rotatable bonds is 3. The van der Waals surface area contributed by atoms with Crippen LogP contribution in [0.5, 0.6) is 0 Å². The first-order valence-electron chi connectivity index (χ1n) is 4.78. The van der Waals surface area contributed by atoms with Gasteiger partial charge in [-0.3, -0.25) is 0 Å². The van der Waals surface area contributed by atoms with Crippen LogP contribution in [0.2, 0.25) is 0 Å². The molecule has 78 valence electrons. The van der Waals surface area contributed by atoms with Gasteiger partial charge in [0.15, 0.2) is 0 Å². The molecule has 0 aliphatic rings. The molecule has 0 saturated heterocycles. The van der Waals surface area contributed by atoms with E-state index in [2.05, 4.69) is 10.3 Å². The molecule has 0 radical (unpaired) electrons. The maximum absolute atomic E-state index is 12.3. The summed E-state index contributed by atoms with van der Waals surface area (Å²) in [6.45, 7) is 2.16. The average Bonchev–Trinajstić information content (AvgIpc) is 2.65. The highest BCUT2D eigenvalue weighted by Gasteiger charge is 1.98. The lowest BCUT2D eigenvalue weighted by molar-refractivity contribution is 0.485. The van der Waals surface area contributed by atoms with Crippen molar-refractivity contribution in [3.8, 4) is 0 Å². The van der Waals surface area contributed by atoms with Gasteiger partial charge in [-0.1, -0.05) is 29.5 Å². The highest BCUT2D eigenvalue weighted by atomic mass is 19.1. The van der Waals surface area contributed by atoms with Gasteiger partial charge in [0.1, 0.15) is 6.67 Å². The zero-order valence-electron chi connectivity index (χ0n) is 8.52. The number of aryl methyl sites for hydroxylation is 1. The van der Waals surface area contributed by atoms with Crippen LogP contribution in [-0.2, 0) is 13.2 Å². The zero-order valence-corrected chi connectivity index (χ0v) is 8.52. The second-order valence-electron chi connectivity index (χ2n) is 3.51. The van der Waals surface area contributed by atoms with Gasteiger partial charge >= 0.3 is 0 Å². The van der Waals surface area contributed by atoms with E-state index in [0.717, 1.165) is 11.3 Å². The molecule has 1 heterocycles. The van der Waals surface area contributed by atoms with Crippen molar-refractivity contribution in [3.05, 3.63) is 47.3 Å². The lowest BCUT2D eigenvalue weighted by Crippen LogP contribution is -2.00. The number of aromatic nitrogens is 3. The number of hydrogen-bond donors (Lipinski definition) is 0. The number of halogens is 1. The van der Waals surface area contributed by atoms with Crippen LogP contribution in [0.3, 0.4) is 0 Å². The van der Waals surface area contributed by atoms with E-state index >= 15 is 0 Å². The van der Waals surface area contributed by atoms with E-state index in [-0.39, 0.29) is 0 Å². The Hall–Kier alpha value is -1.71. The monoisotopic (exact) mass is 205 g/mol. The first kappa shape index (κ1) is 9.83. The zero-order chi connectivity index (χ0) is 10.7. The van der Waals surface area contributed by atoms with Gasteiger partial charge in [0.2, 0.25) is 0 Å². The van der Waals surface area contributed by atoms with Crippen LogP contribution in [0.1, 0.15) is 16.8 Å². The lowest BCUT2D eigenvalue weighted by Gasteiger charge is -2.01. The molecule has 0 unspecified atom stereocenters. The van der Waals surface area contributed by atoms with Crippen LogP contribution in [-0.4, -0.2) is 15.0 Å². The topological polar surface area (TPSA) is 30.7 Å². The fraction of sp³-hybridized carbons (Fsp3) is 0.273. The molecule has 15 heavy (non-hydrogen) atoms. The second-order valence-corrected chi connectivity index (χ2v) is 3.51. The van der Waals surface area contributed by atoms with Gasteiger partial charge in [-0.15, -0.1) is 5.10 Å². The molecular weight excluding hydrogens is 193 g/mol. The van der Waals surface area contributed by atoms with Gasteiger partial charge in [0, 0.05) is 6.20 Å². The molecule has 3 nitrogen and oxygen atoms in total. The first-order chi connectivity index (χ1) is 7.28. The summed E-state index contributed by atoms with van der Waals surface area (Å²) in [5.74, 6) is 0. The molecule has 0 N–H and O–H groups in total. The summed E-state index contributed by atoms with van der Waals surface area (Å²) in [4.78, 5) is 0. The third-order valence-corrected chi connectivity index (χ3v) is 2.18. The fourth-order valence-corrected chi connectivity index (χ4v) is 1.39. The first-order valence-corrected chi connectivity index (χ1v) is 4.78. The summed E-state index contributed by atoms with van der Waals surface area (Å²) in [5, 5.41) is 7.85. The normalized spacial score (nSPS) is 10.5. The van der Waals surface area contributed by atoms with E-state index in [1.54, 1.807) is 16.8 Å². The minimum absolute atomic E-state index is 0.414. The molecule has 2 aromatic rings. The fourth-order valence-electron chi connectivity index (χ4n) is 1.39. The summed E-state index contributed by atoms with van der Waals surface area (Å²) in [6.07, 6.45) is 1.88. The van der Waals surface area contributed by atoms with Crippen LogP contribution in [0, 0.1) is 6.92 Å². The van der Waals surface area contributed by atoms with Crippen LogP contribution >= 0.6 is 0 Å². The van der Waals surface area contributed by atoms with Gasteiger partial charge in [-0.25, -0.2) is 9.07 Å². The molecule has 1 aromatic heterocycles. The SMILES string of the molecule is Cc1cn(Cc2ccc(CF)cc2)nn1. The van der Waals surface area contributed by atoms with E-state index in [1.165, 1.54) is 0 Å². The van der Waals surface area contributed by atoms with Gasteiger partial charge in [-0.2, -0.15) is 0 Å². The van der Waals surface area contributed by atoms with Crippen molar-refractivity contribution >= 4 is 0 Å². The number of hydrogen-bond acceptors (Lipinski definition) is 2. The molecule has 0 spiro atoms. The number of alkyl halides is 1. The molecule has 1 aromatic carbocycles. The third kappa shape index (κ3) is 2.40. The summed E-state index contributed by atoms with van der Waals surface area (Å²) < 4.78 is 14.0. The van der Waals surface area contributed by atoms with Crippen molar-refractivity contribution in [3.63, 3.8) is 0 Å². The molecule has 2 rings (SSSR count). The molecule has 4 heteroatoms. The van der Waals surface area contributed by atoms with Crippen LogP contribution < -0.4 is 0 Å². The standard InChI is InChI=1S/C11H12FN3/c1-9-7-15(14-13-9)8-11-4-2-10(6-12)3-5-11/h2-5,7H,6,8H2,1H3. The molecule has 0 aliphatic carbocycles. The van der Waals surface area contributed by atoms with Gasteiger partial charge < -0.3 is 0 Å². The van der Waals surface area contributed by atoms with Crippen molar-refractivity contribution < 1.29 is 4.39 Å². The van der Waals surface area contributed by atoms with Crippen LogP contribution in [0.15, 0.2) is 30.5 Å². The van der Waals surface area contributed by atoms with Crippen LogP contribution in [0.4, 0.5) is 4.39 Å². The summed E-state index contributed by atoms with van der Waals surface area (Å²) in [6, 6.07) is 7.40. The predicted molar refractivity (Wildman–Crippen MR) is 55.1 cm³/mol. The molecule has 0 fully saturated rings. The lowest BCUT2D eigenvalue weighted by atomic mass is 10.1. The maximum atomic E-state index is 12.3. The minimum Gasteiger partial charge on any atom is -0.248 e. The average molecular weight is 205 g/mol. The van der Waals surface area contributed by atoms with Crippen molar-refractivity contribution in [1.82, 2.24) is 15.0 Å².